The topological polar surface area (TPSA) is 12.5 Å². The third kappa shape index (κ3) is 2.93. The minimum Gasteiger partial charge on any atom is -0.378 e. The summed E-state index contributed by atoms with van der Waals surface area (Å²) in [6.45, 7) is 1.91. The van der Waals surface area contributed by atoms with Crippen molar-refractivity contribution in [2.24, 2.45) is 0 Å². The molecule has 17 heavy (non-hydrogen) atoms. The van der Waals surface area contributed by atoms with Gasteiger partial charge in [0.25, 0.3) is 0 Å². The summed E-state index contributed by atoms with van der Waals surface area (Å²) >= 11 is 3.07. The van der Waals surface area contributed by atoms with Gasteiger partial charge < -0.3 is 9.64 Å². The lowest BCUT2D eigenvalue weighted by molar-refractivity contribution is -0.137. The molecule has 94 valence electrons. The molecular formula is C11H11BrF3NO. The summed E-state index contributed by atoms with van der Waals surface area (Å²) in [5.41, 5.74) is -0.377. The quantitative estimate of drug-likeness (QED) is 0.789. The second-order valence-corrected chi connectivity index (χ2v) is 4.67. The van der Waals surface area contributed by atoms with Crippen LogP contribution in [0.25, 0.3) is 0 Å². The van der Waals surface area contributed by atoms with E-state index in [9.17, 15) is 13.2 Å². The lowest BCUT2D eigenvalue weighted by Gasteiger charge is -2.31. The van der Waals surface area contributed by atoms with E-state index in [0.29, 0.717) is 30.8 Å². The van der Waals surface area contributed by atoms with Crippen LogP contribution in [0.15, 0.2) is 22.7 Å². The maximum Gasteiger partial charge on any atom is 0.418 e. The van der Waals surface area contributed by atoms with Crippen LogP contribution >= 0.6 is 15.9 Å². The van der Waals surface area contributed by atoms with E-state index in [1.165, 1.54) is 6.07 Å². The number of nitrogens with zero attached hydrogens (tertiary/aromatic N) is 1. The molecule has 0 aromatic heterocycles. The molecule has 0 atom stereocenters. The van der Waals surface area contributed by atoms with Crippen molar-refractivity contribution in [3.63, 3.8) is 0 Å². The molecule has 0 N–H and O–H groups in total. The van der Waals surface area contributed by atoms with Crippen molar-refractivity contribution in [3.8, 4) is 0 Å². The monoisotopic (exact) mass is 309 g/mol. The molecule has 0 aliphatic carbocycles. The van der Waals surface area contributed by atoms with Gasteiger partial charge in [0.05, 0.1) is 18.8 Å². The summed E-state index contributed by atoms with van der Waals surface area (Å²) in [5, 5.41) is 0. The van der Waals surface area contributed by atoms with Gasteiger partial charge in [0, 0.05) is 23.2 Å². The summed E-state index contributed by atoms with van der Waals surface area (Å²) in [5.74, 6) is 0. The number of anilines is 1. The average Bonchev–Trinajstić information content (AvgIpc) is 2.29. The molecular weight excluding hydrogens is 299 g/mol. The Hall–Kier alpha value is -0.750. The van der Waals surface area contributed by atoms with Crippen molar-refractivity contribution >= 4 is 21.6 Å². The van der Waals surface area contributed by atoms with Gasteiger partial charge in [0.15, 0.2) is 0 Å². The second-order valence-electron chi connectivity index (χ2n) is 3.76. The molecule has 1 saturated heterocycles. The number of halogens is 4. The fraction of sp³-hybridized carbons (Fsp3) is 0.455. The van der Waals surface area contributed by atoms with Crippen LogP contribution in [0.5, 0.6) is 0 Å². The molecule has 1 aromatic rings. The van der Waals surface area contributed by atoms with Crippen molar-refractivity contribution in [1.29, 1.82) is 0 Å². The number of rotatable bonds is 1. The van der Waals surface area contributed by atoms with E-state index in [0.717, 1.165) is 6.07 Å². The first-order valence-electron chi connectivity index (χ1n) is 5.18. The van der Waals surface area contributed by atoms with Crippen LogP contribution in [0.3, 0.4) is 0 Å². The highest BCUT2D eigenvalue weighted by molar-refractivity contribution is 9.10. The lowest BCUT2D eigenvalue weighted by Crippen LogP contribution is -2.37. The van der Waals surface area contributed by atoms with Gasteiger partial charge in [-0.3, -0.25) is 0 Å². The predicted molar refractivity (Wildman–Crippen MR) is 62.2 cm³/mol. The zero-order valence-electron chi connectivity index (χ0n) is 8.93. The SMILES string of the molecule is FC(F)(F)c1cc(Br)ccc1N1CCOCC1. The average molecular weight is 310 g/mol. The van der Waals surface area contributed by atoms with Gasteiger partial charge in [-0.2, -0.15) is 13.2 Å². The molecule has 0 spiro atoms. The molecule has 0 radical (unpaired) electrons. The third-order valence-electron chi connectivity index (χ3n) is 2.62. The van der Waals surface area contributed by atoms with Crippen LogP contribution in [0, 0.1) is 0 Å². The molecule has 0 saturated carbocycles. The molecule has 0 bridgehead atoms. The van der Waals surface area contributed by atoms with E-state index >= 15 is 0 Å². The predicted octanol–water partition coefficient (Wildman–Crippen LogP) is 3.30. The molecule has 1 fully saturated rings. The van der Waals surface area contributed by atoms with E-state index in [-0.39, 0.29) is 5.69 Å². The van der Waals surface area contributed by atoms with Gasteiger partial charge in [-0.05, 0) is 18.2 Å². The standard InChI is InChI=1S/C11H11BrF3NO/c12-8-1-2-10(9(7-8)11(13,14)15)16-3-5-17-6-4-16/h1-2,7H,3-6H2. The molecule has 0 amide bonds. The van der Waals surface area contributed by atoms with Crippen LogP contribution in [0.2, 0.25) is 0 Å². The summed E-state index contributed by atoms with van der Waals surface area (Å²) < 4.78 is 44.3. The lowest BCUT2D eigenvalue weighted by atomic mass is 10.1. The molecule has 1 aliphatic rings. The largest absolute Gasteiger partial charge is 0.418 e. The molecule has 6 heteroatoms. The van der Waals surface area contributed by atoms with Gasteiger partial charge in [-0.15, -0.1) is 0 Å². The Bertz CT molecular complexity index is 402. The number of morpholine rings is 1. The van der Waals surface area contributed by atoms with Crippen molar-refractivity contribution in [3.05, 3.63) is 28.2 Å². The smallest absolute Gasteiger partial charge is 0.378 e. The van der Waals surface area contributed by atoms with Crippen LogP contribution < -0.4 is 4.90 Å². The van der Waals surface area contributed by atoms with Crippen molar-refractivity contribution in [2.45, 2.75) is 6.18 Å². The maximum absolute atomic E-state index is 12.9. The Morgan fingerprint density at radius 1 is 1.18 bits per heavy atom. The number of alkyl halides is 3. The zero-order chi connectivity index (χ0) is 12.5. The summed E-state index contributed by atoms with van der Waals surface area (Å²) in [7, 11) is 0. The second kappa shape index (κ2) is 4.86. The van der Waals surface area contributed by atoms with Crippen LogP contribution in [0.1, 0.15) is 5.56 Å². The van der Waals surface area contributed by atoms with E-state index in [1.54, 1.807) is 11.0 Å². The molecule has 2 nitrogen and oxygen atoms in total. The first-order valence-corrected chi connectivity index (χ1v) is 5.97. The van der Waals surface area contributed by atoms with Gasteiger partial charge >= 0.3 is 6.18 Å². The highest BCUT2D eigenvalue weighted by Gasteiger charge is 2.35. The van der Waals surface area contributed by atoms with E-state index in [4.69, 9.17) is 4.74 Å². The fourth-order valence-corrected chi connectivity index (χ4v) is 2.18. The normalized spacial score (nSPS) is 17.3. The Morgan fingerprint density at radius 3 is 2.41 bits per heavy atom. The molecule has 1 aromatic carbocycles. The van der Waals surface area contributed by atoms with Crippen molar-refractivity contribution in [1.82, 2.24) is 0 Å². The molecule has 0 unspecified atom stereocenters. The Labute approximate surface area is 105 Å². The Balaban J connectivity index is 2.38. The van der Waals surface area contributed by atoms with Gasteiger partial charge in [0.1, 0.15) is 0 Å². The van der Waals surface area contributed by atoms with Crippen LogP contribution in [0.4, 0.5) is 18.9 Å². The van der Waals surface area contributed by atoms with Crippen molar-refractivity contribution in [2.75, 3.05) is 31.2 Å². The van der Waals surface area contributed by atoms with Crippen molar-refractivity contribution < 1.29 is 17.9 Å². The molecule has 1 aliphatic heterocycles. The highest BCUT2D eigenvalue weighted by Crippen LogP contribution is 2.38. The Morgan fingerprint density at radius 2 is 1.82 bits per heavy atom. The maximum atomic E-state index is 12.9. The minimum absolute atomic E-state index is 0.226. The number of benzene rings is 1. The van der Waals surface area contributed by atoms with Gasteiger partial charge in [0.2, 0.25) is 0 Å². The fourth-order valence-electron chi connectivity index (χ4n) is 1.82. The number of hydrogen-bond acceptors (Lipinski definition) is 2. The summed E-state index contributed by atoms with van der Waals surface area (Å²) in [4.78, 5) is 1.71. The van der Waals surface area contributed by atoms with Gasteiger partial charge in [-0.1, -0.05) is 15.9 Å². The van der Waals surface area contributed by atoms with E-state index in [2.05, 4.69) is 15.9 Å². The van der Waals surface area contributed by atoms with E-state index in [1.807, 2.05) is 0 Å². The zero-order valence-corrected chi connectivity index (χ0v) is 10.5. The minimum atomic E-state index is -4.34. The number of hydrogen-bond donors (Lipinski definition) is 0. The first-order chi connectivity index (χ1) is 7.98. The first kappa shape index (κ1) is 12.7. The van der Waals surface area contributed by atoms with Crippen LogP contribution in [-0.4, -0.2) is 26.3 Å². The number of ether oxygens (including phenoxy) is 1. The van der Waals surface area contributed by atoms with Crippen LogP contribution in [-0.2, 0) is 10.9 Å². The summed E-state index contributed by atoms with van der Waals surface area (Å²) in [6, 6.07) is 4.24. The molecule has 2 rings (SSSR count). The Kier molecular flexibility index (Phi) is 3.63. The highest BCUT2D eigenvalue weighted by atomic mass is 79.9. The van der Waals surface area contributed by atoms with Gasteiger partial charge in [-0.25, -0.2) is 0 Å². The summed E-state index contributed by atoms with van der Waals surface area (Å²) in [6.07, 6.45) is -4.34. The van der Waals surface area contributed by atoms with E-state index < -0.39 is 11.7 Å². The third-order valence-corrected chi connectivity index (χ3v) is 3.11. The molecule has 1 heterocycles.